The lowest BCUT2D eigenvalue weighted by Gasteiger charge is -2.42. The average Bonchev–Trinajstić information content (AvgIpc) is 2.51. The van der Waals surface area contributed by atoms with Gasteiger partial charge in [0, 0.05) is 30.4 Å². The number of methoxy groups -OCH3 is 1. The first-order valence-electron chi connectivity index (χ1n) is 7.78. The molecule has 1 aliphatic rings. The van der Waals surface area contributed by atoms with E-state index in [1.165, 1.54) is 12.1 Å². The number of hydrogen-bond acceptors (Lipinski definition) is 4. The van der Waals surface area contributed by atoms with Gasteiger partial charge in [0.15, 0.2) is 0 Å². The highest BCUT2D eigenvalue weighted by Gasteiger charge is 2.39. The van der Waals surface area contributed by atoms with Crippen molar-refractivity contribution < 1.29 is 18.3 Å². The van der Waals surface area contributed by atoms with Crippen LogP contribution in [0.4, 0.5) is 8.78 Å². The van der Waals surface area contributed by atoms with Gasteiger partial charge in [-0.25, -0.2) is 8.78 Å². The molecule has 0 unspecified atom stereocenters. The van der Waals surface area contributed by atoms with E-state index in [0.29, 0.717) is 31.7 Å². The van der Waals surface area contributed by atoms with E-state index in [1.54, 1.807) is 7.11 Å². The summed E-state index contributed by atoms with van der Waals surface area (Å²) in [7, 11) is 1.62. The number of nitrogens with one attached hydrogen (secondary N) is 1. The standard InChI is InChI=1S/C18H20F2N2O2/c1-12-5-16(23-2)7-15(22-12)9-21-18(10-24-11-18)8-13-3-4-14(19)6-17(13)20/h3-7,21H,8-11H2,1-2H3. The second kappa shape index (κ2) is 6.83. The molecular weight excluding hydrogens is 314 g/mol. The van der Waals surface area contributed by atoms with Crippen LogP contribution in [0.1, 0.15) is 17.0 Å². The number of ether oxygens (including phenoxy) is 2. The van der Waals surface area contributed by atoms with Gasteiger partial charge in [-0.3, -0.25) is 4.98 Å². The Morgan fingerprint density at radius 3 is 2.67 bits per heavy atom. The molecule has 0 bridgehead atoms. The van der Waals surface area contributed by atoms with Crippen molar-refractivity contribution in [2.45, 2.75) is 25.4 Å². The molecule has 0 spiro atoms. The Kier molecular flexibility index (Phi) is 4.78. The molecule has 1 fully saturated rings. The predicted octanol–water partition coefficient (Wildman–Crippen LogP) is 2.78. The van der Waals surface area contributed by atoms with E-state index in [9.17, 15) is 8.78 Å². The molecule has 3 rings (SSSR count). The van der Waals surface area contributed by atoms with E-state index in [-0.39, 0.29) is 5.54 Å². The van der Waals surface area contributed by atoms with Gasteiger partial charge in [0.1, 0.15) is 17.4 Å². The smallest absolute Gasteiger partial charge is 0.129 e. The Morgan fingerprint density at radius 2 is 2.04 bits per heavy atom. The molecule has 6 heteroatoms. The summed E-state index contributed by atoms with van der Waals surface area (Å²) in [6.45, 7) is 3.38. The van der Waals surface area contributed by atoms with Crippen molar-refractivity contribution in [1.29, 1.82) is 0 Å². The van der Waals surface area contributed by atoms with Gasteiger partial charge >= 0.3 is 0 Å². The Balaban J connectivity index is 1.71. The first kappa shape index (κ1) is 16.8. The molecular formula is C18H20F2N2O2. The minimum atomic E-state index is -0.570. The van der Waals surface area contributed by atoms with Gasteiger partial charge in [0.05, 0.1) is 31.6 Å². The van der Waals surface area contributed by atoms with Gasteiger partial charge < -0.3 is 14.8 Å². The molecule has 1 aromatic heterocycles. The van der Waals surface area contributed by atoms with E-state index >= 15 is 0 Å². The minimum Gasteiger partial charge on any atom is -0.497 e. The molecule has 0 radical (unpaired) electrons. The Labute approximate surface area is 139 Å². The van der Waals surface area contributed by atoms with Crippen molar-refractivity contribution in [3.8, 4) is 5.75 Å². The molecule has 2 heterocycles. The van der Waals surface area contributed by atoms with Gasteiger partial charge in [-0.15, -0.1) is 0 Å². The monoisotopic (exact) mass is 334 g/mol. The lowest BCUT2D eigenvalue weighted by molar-refractivity contribution is -0.0753. The number of benzene rings is 1. The number of pyridine rings is 1. The Hall–Kier alpha value is -2.05. The lowest BCUT2D eigenvalue weighted by Crippen LogP contribution is -2.61. The molecule has 0 aliphatic carbocycles. The van der Waals surface area contributed by atoms with Crippen molar-refractivity contribution in [2.24, 2.45) is 0 Å². The summed E-state index contributed by atoms with van der Waals surface area (Å²) in [4.78, 5) is 4.47. The Morgan fingerprint density at radius 1 is 1.25 bits per heavy atom. The highest BCUT2D eigenvalue weighted by molar-refractivity contribution is 5.27. The topological polar surface area (TPSA) is 43.4 Å². The van der Waals surface area contributed by atoms with Gasteiger partial charge in [0.25, 0.3) is 0 Å². The average molecular weight is 334 g/mol. The zero-order valence-electron chi connectivity index (χ0n) is 13.7. The van der Waals surface area contributed by atoms with Crippen molar-refractivity contribution in [2.75, 3.05) is 20.3 Å². The predicted molar refractivity (Wildman–Crippen MR) is 86.0 cm³/mol. The van der Waals surface area contributed by atoms with Crippen LogP contribution in [-0.2, 0) is 17.7 Å². The van der Waals surface area contributed by atoms with Crippen molar-refractivity contribution in [1.82, 2.24) is 10.3 Å². The Bertz CT molecular complexity index is 733. The number of halogens is 2. The first-order valence-corrected chi connectivity index (χ1v) is 7.78. The van der Waals surface area contributed by atoms with Crippen molar-refractivity contribution in [3.05, 3.63) is 58.9 Å². The molecule has 1 aromatic carbocycles. The summed E-state index contributed by atoms with van der Waals surface area (Å²) in [6, 6.07) is 7.40. The summed E-state index contributed by atoms with van der Waals surface area (Å²) in [5.41, 5.74) is 1.83. The van der Waals surface area contributed by atoms with Crippen LogP contribution in [-0.4, -0.2) is 30.8 Å². The first-order chi connectivity index (χ1) is 11.5. The van der Waals surface area contributed by atoms with E-state index in [1.807, 2.05) is 19.1 Å². The molecule has 4 nitrogen and oxygen atoms in total. The third-order valence-corrected chi connectivity index (χ3v) is 4.16. The highest BCUT2D eigenvalue weighted by atomic mass is 19.1. The fraction of sp³-hybridized carbons (Fsp3) is 0.389. The normalized spacial score (nSPS) is 15.8. The summed E-state index contributed by atoms with van der Waals surface area (Å²) in [5.74, 6) is -0.347. The molecule has 0 amide bonds. The van der Waals surface area contributed by atoms with E-state index in [4.69, 9.17) is 9.47 Å². The van der Waals surface area contributed by atoms with Crippen LogP contribution in [0.2, 0.25) is 0 Å². The largest absolute Gasteiger partial charge is 0.497 e. The van der Waals surface area contributed by atoms with Crippen LogP contribution in [0, 0.1) is 18.6 Å². The van der Waals surface area contributed by atoms with Crippen LogP contribution in [0.3, 0.4) is 0 Å². The quantitative estimate of drug-likeness (QED) is 0.882. The molecule has 1 N–H and O–H groups in total. The van der Waals surface area contributed by atoms with Gasteiger partial charge in [-0.1, -0.05) is 6.07 Å². The second-order valence-electron chi connectivity index (χ2n) is 6.18. The fourth-order valence-corrected chi connectivity index (χ4v) is 2.83. The molecule has 128 valence electrons. The number of hydrogen-bond donors (Lipinski definition) is 1. The molecule has 0 atom stereocenters. The maximum absolute atomic E-state index is 13.9. The summed E-state index contributed by atoms with van der Waals surface area (Å²) in [6.07, 6.45) is 0.433. The van der Waals surface area contributed by atoms with E-state index < -0.39 is 11.6 Å². The van der Waals surface area contributed by atoms with Crippen LogP contribution in [0.5, 0.6) is 5.75 Å². The lowest BCUT2D eigenvalue weighted by atomic mass is 9.88. The van der Waals surface area contributed by atoms with Crippen molar-refractivity contribution >= 4 is 0 Å². The van der Waals surface area contributed by atoms with E-state index in [0.717, 1.165) is 23.2 Å². The fourth-order valence-electron chi connectivity index (χ4n) is 2.83. The number of rotatable bonds is 6. The zero-order chi connectivity index (χ0) is 17.2. The van der Waals surface area contributed by atoms with E-state index in [2.05, 4.69) is 10.3 Å². The van der Waals surface area contributed by atoms with Gasteiger partial charge in [-0.05, 0) is 25.0 Å². The number of nitrogens with zero attached hydrogens (tertiary/aromatic N) is 1. The molecule has 0 saturated carbocycles. The summed E-state index contributed by atoms with van der Waals surface area (Å²) in [5, 5.41) is 3.41. The highest BCUT2D eigenvalue weighted by Crippen LogP contribution is 2.25. The van der Waals surface area contributed by atoms with Crippen LogP contribution >= 0.6 is 0 Å². The zero-order valence-corrected chi connectivity index (χ0v) is 13.7. The van der Waals surface area contributed by atoms with Crippen LogP contribution in [0.25, 0.3) is 0 Å². The van der Waals surface area contributed by atoms with Crippen LogP contribution < -0.4 is 10.1 Å². The van der Waals surface area contributed by atoms with Crippen molar-refractivity contribution in [3.63, 3.8) is 0 Å². The summed E-state index contributed by atoms with van der Waals surface area (Å²) >= 11 is 0. The molecule has 1 saturated heterocycles. The number of aryl methyl sites for hydroxylation is 1. The number of aromatic nitrogens is 1. The maximum Gasteiger partial charge on any atom is 0.129 e. The summed E-state index contributed by atoms with van der Waals surface area (Å²) < 4.78 is 37.6. The molecule has 24 heavy (non-hydrogen) atoms. The minimum absolute atomic E-state index is 0.364. The third kappa shape index (κ3) is 3.71. The van der Waals surface area contributed by atoms with Gasteiger partial charge in [0.2, 0.25) is 0 Å². The maximum atomic E-state index is 13.9. The molecule has 1 aliphatic heterocycles. The third-order valence-electron chi connectivity index (χ3n) is 4.16. The van der Waals surface area contributed by atoms with Crippen LogP contribution in [0.15, 0.2) is 30.3 Å². The molecule has 2 aromatic rings. The second-order valence-corrected chi connectivity index (χ2v) is 6.18. The SMILES string of the molecule is COc1cc(C)nc(CNC2(Cc3ccc(F)cc3F)COC2)c1. The van der Waals surface area contributed by atoms with Gasteiger partial charge in [-0.2, -0.15) is 0 Å².